The molecule has 0 spiro atoms. The molecule has 0 saturated carbocycles. The zero-order valence-corrected chi connectivity index (χ0v) is 10.4. The molecule has 2 heterocycles. The van der Waals surface area contributed by atoms with Gasteiger partial charge in [0.2, 0.25) is 0 Å². The van der Waals surface area contributed by atoms with E-state index in [1.165, 1.54) is 0 Å². The number of ether oxygens (including phenoxy) is 1. The molecule has 0 fully saturated rings. The maximum atomic E-state index is 11.5. The lowest BCUT2D eigenvalue weighted by molar-refractivity contribution is -0.142. The highest BCUT2D eigenvalue weighted by atomic mass is 16.5. The molecule has 0 unspecified atom stereocenters. The summed E-state index contributed by atoms with van der Waals surface area (Å²) in [5.41, 5.74) is 2.07. The first kappa shape index (κ1) is 11.6. The molecule has 0 N–H and O–H groups in total. The molecular formula is C14H12N2O3. The summed E-state index contributed by atoms with van der Waals surface area (Å²) in [4.78, 5) is 15.8. The number of fused-ring (bicyclic) bond motifs is 2. The molecule has 0 radical (unpaired) electrons. The zero-order valence-electron chi connectivity index (χ0n) is 10.4. The van der Waals surface area contributed by atoms with E-state index in [1.54, 1.807) is 13.1 Å². The Morgan fingerprint density at radius 1 is 1.42 bits per heavy atom. The molecule has 0 aliphatic carbocycles. The Morgan fingerprint density at radius 2 is 2.32 bits per heavy atom. The smallest absolute Gasteiger partial charge is 0.312 e. The number of carbonyl (C=O) groups is 1. The van der Waals surface area contributed by atoms with Crippen LogP contribution >= 0.6 is 0 Å². The van der Waals surface area contributed by atoms with Gasteiger partial charge in [0, 0.05) is 23.0 Å². The molecule has 2 aromatic heterocycles. The Hall–Kier alpha value is -2.43. The first-order chi connectivity index (χ1) is 9.28. The molecule has 96 valence electrons. The number of hydrogen-bond acceptors (Lipinski definition) is 5. The highest BCUT2D eigenvalue weighted by molar-refractivity contribution is 5.95. The van der Waals surface area contributed by atoms with Gasteiger partial charge in [-0.15, -0.1) is 0 Å². The number of carbonyl (C=O) groups excluding carboxylic acids is 1. The first-order valence-corrected chi connectivity index (χ1v) is 6.06. The summed E-state index contributed by atoms with van der Waals surface area (Å²) in [5, 5.41) is 5.75. The first-order valence-electron chi connectivity index (χ1n) is 6.06. The monoisotopic (exact) mass is 256 g/mol. The average molecular weight is 256 g/mol. The van der Waals surface area contributed by atoms with Crippen molar-refractivity contribution < 1.29 is 14.1 Å². The Bertz CT molecular complexity index is 749. The molecule has 0 bridgehead atoms. The number of pyridine rings is 1. The summed E-state index contributed by atoms with van der Waals surface area (Å²) < 4.78 is 10.2. The van der Waals surface area contributed by atoms with Crippen molar-refractivity contribution in [3.05, 3.63) is 36.2 Å². The highest BCUT2D eigenvalue weighted by Crippen LogP contribution is 2.24. The minimum atomic E-state index is -0.302. The van der Waals surface area contributed by atoms with Gasteiger partial charge in [-0.3, -0.25) is 9.78 Å². The third kappa shape index (κ3) is 2.14. The van der Waals surface area contributed by atoms with Crippen LogP contribution in [0.1, 0.15) is 12.6 Å². The number of nitrogens with zero attached hydrogens (tertiary/aromatic N) is 2. The molecule has 0 aliphatic rings. The van der Waals surface area contributed by atoms with Crippen LogP contribution in [0.5, 0.6) is 0 Å². The molecule has 19 heavy (non-hydrogen) atoms. The van der Waals surface area contributed by atoms with Crippen molar-refractivity contribution >= 4 is 27.8 Å². The van der Waals surface area contributed by atoms with Gasteiger partial charge in [0.1, 0.15) is 5.69 Å². The summed E-state index contributed by atoms with van der Waals surface area (Å²) in [6.07, 6.45) is 1.84. The van der Waals surface area contributed by atoms with E-state index in [0.717, 1.165) is 16.3 Å². The number of esters is 1. The third-order valence-electron chi connectivity index (χ3n) is 2.89. The molecule has 0 saturated heterocycles. The lowest BCUT2D eigenvalue weighted by Crippen LogP contribution is -2.07. The summed E-state index contributed by atoms with van der Waals surface area (Å²) in [7, 11) is 0. The Morgan fingerprint density at radius 3 is 3.16 bits per heavy atom. The molecule has 5 heteroatoms. The van der Waals surface area contributed by atoms with E-state index in [9.17, 15) is 4.79 Å². The second kappa shape index (κ2) is 4.68. The van der Waals surface area contributed by atoms with Crippen LogP contribution in [-0.2, 0) is 16.0 Å². The van der Waals surface area contributed by atoms with Crippen LogP contribution < -0.4 is 0 Å². The second-order valence-electron chi connectivity index (χ2n) is 4.16. The molecule has 1 aromatic carbocycles. The largest absolute Gasteiger partial charge is 0.466 e. The lowest BCUT2D eigenvalue weighted by Gasteiger charge is -1.99. The van der Waals surface area contributed by atoms with Gasteiger partial charge in [0.15, 0.2) is 5.58 Å². The van der Waals surface area contributed by atoms with Crippen LogP contribution in [0.25, 0.3) is 21.9 Å². The fraction of sp³-hybridized carbons (Fsp3) is 0.214. The van der Waals surface area contributed by atoms with Crippen molar-refractivity contribution in [2.45, 2.75) is 13.3 Å². The van der Waals surface area contributed by atoms with Crippen LogP contribution in [0.3, 0.4) is 0 Å². The number of benzene rings is 1. The number of hydrogen-bond donors (Lipinski definition) is 0. The van der Waals surface area contributed by atoms with Gasteiger partial charge >= 0.3 is 5.97 Å². The summed E-state index contributed by atoms with van der Waals surface area (Å²) in [6.45, 7) is 2.14. The van der Waals surface area contributed by atoms with Crippen molar-refractivity contribution in [1.82, 2.24) is 10.1 Å². The Labute approximate surface area is 109 Å². The van der Waals surface area contributed by atoms with Gasteiger partial charge in [-0.25, -0.2) is 0 Å². The van der Waals surface area contributed by atoms with E-state index < -0.39 is 0 Å². The number of rotatable bonds is 3. The standard InChI is InChI=1S/C14H12N2O3/c1-2-18-14(17)8-12-10-6-9-4-3-5-15-11(9)7-13(10)19-16-12/h3-7H,2,8H2,1H3. The fourth-order valence-corrected chi connectivity index (χ4v) is 2.03. The number of aromatic nitrogens is 2. The van der Waals surface area contributed by atoms with E-state index in [4.69, 9.17) is 9.26 Å². The topological polar surface area (TPSA) is 65.2 Å². The second-order valence-corrected chi connectivity index (χ2v) is 4.16. The van der Waals surface area contributed by atoms with Gasteiger partial charge in [-0.1, -0.05) is 11.2 Å². The van der Waals surface area contributed by atoms with Gasteiger partial charge in [0.25, 0.3) is 0 Å². The minimum absolute atomic E-state index is 0.118. The van der Waals surface area contributed by atoms with E-state index in [2.05, 4.69) is 10.1 Å². The summed E-state index contributed by atoms with van der Waals surface area (Å²) >= 11 is 0. The third-order valence-corrected chi connectivity index (χ3v) is 2.89. The fourth-order valence-electron chi connectivity index (χ4n) is 2.03. The SMILES string of the molecule is CCOC(=O)Cc1noc2cc3ncccc3cc12. The van der Waals surface area contributed by atoms with E-state index in [-0.39, 0.29) is 12.4 Å². The van der Waals surface area contributed by atoms with Crippen LogP contribution in [0, 0.1) is 0 Å². The van der Waals surface area contributed by atoms with E-state index in [0.29, 0.717) is 17.9 Å². The Kier molecular flexibility index (Phi) is 2.87. The molecule has 5 nitrogen and oxygen atoms in total. The van der Waals surface area contributed by atoms with Crippen LogP contribution in [0.2, 0.25) is 0 Å². The maximum Gasteiger partial charge on any atom is 0.312 e. The van der Waals surface area contributed by atoms with Crippen molar-refractivity contribution in [3.63, 3.8) is 0 Å². The van der Waals surface area contributed by atoms with Crippen LogP contribution in [0.4, 0.5) is 0 Å². The van der Waals surface area contributed by atoms with Crippen LogP contribution in [-0.4, -0.2) is 22.7 Å². The van der Waals surface area contributed by atoms with Crippen molar-refractivity contribution in [3.8, 4) is 0 Å². The molecule has 0 amide bonds. The van der Waals surface area contributed by atoms with Crippen molar-refractivity contribution in [1.29, 1.82) is 0 Å². The quantitative estimate of drug-likeness (QED) is 0.673. The maximum absolute atomic E-state index is 11.5. The molecule has 0 aliphatic heterocycles. The molecule has 3 rings (SSSR count). The predicted octanol–water partition coefficient (Wildman–Crippen LogP) is 2.48. The summed E-state index contributed by atoms with van der Waals surface area (Å²) in [5.74, 6) is -0.302. The van der Waals surface area contributed by atoms with Crippen molar-refractivity contribution in [2.75, 3.05) is 6.61 Å². The van der Waals surface area contributed by atoms with E-state index >= 15 is 0 Å². The lowest BCUT2D eigenvalue weighted by atomic mass is 10.1. The van der Waals surface area contributed by atoms with Gasteiger partial charge in [0.05, 0.1) is 18.5 Å². The molecule has 3 aromatic rings. The normalized spacial score (nSPS) is 11.0. The van der Waals surface area contributed by atoms with Gasteiger partial charge < -0.3 is 9.26 Å². The van der Waals surface area contributed by atoms with Gasteiger partial charge in [-0.2, -0.15) is 0 Å². The van der Waals surface area contributed by atoms with Gasteiger partial charge in [-0.05, 0) is 19.1 Å². The van der Waals surface area contributed by atoms with E-state index in [1.807, 2.05) is 24.3 Å². The minimum Gasteiger partial charge on any atom is -0.466 e. The Balaban J connectivity index is 2.06. The van der Waals surface area contributed by atoms with Crippen molar-refractivity contribution in [2.24, 2.45) is 0 Å². The predicted molar refractivity (Wildman–Crippen MR) is 69.6 cm³/mol. The average Bonchev–Trinajstić information content (AvgIpc) is 2.79. The molecular weight excluding hydrogens is 244 g/mol. The zero-order chi connectivity index (χ0) is 13.2. The van der Waals surface area contributed by atoms with Crippen LogP contribution in [0.15, 0.2) is 35.0 Å². The summed E-state index contributed by atoms with van der Waals surface area (Å²) in [6, 6.07) is 7.59. The highest BCUT2D eigenvalue weighted by Gasteiger charge is 2.14. The molecule has 0 atom stereocenters.